The molecule has 24 heavy (non-hydrogen) atoms. The number of halogens is 1. The number of hydrogen-bond acceptors (Lipinski definition) is 4. The lowest BCUT2D eigenvalue weighted by molar-refractivity contribution is -0.142. The van der Waals surface area contributed by atoms with E-state index in [4.69, 9.17) is 16.3 Å². The summed E-state index contributed by atoms with van der Waals surface area (Å²) in [7, 11) is 1.35. The highest BCUT2D eigenvalue weighted by atomic mass is 35.5. The number of rotatable bonds is 11. The second kappa shape index (κ2) is 11.7. The third kappa shape index (κ3) is 8.20. The van der Waals surface area contributed by atoms with Crippen molar-refractivity contribution in [3.05, 3.63) is 29.3 Å². The quantitative estimate of drug-likeness (QED) is 0.448. The molecule has 0 saturated carbocycles. The van der Waals surface area contributed by atoms with Crippen LogP contribution in [0, 0.1) is 0 Å². The molecule has 0 aliphatic rings. The first-order valence-electron chi connectivity index (χ1n) is 8.29. The third-order valence-corrected chi connectivity index (χ3v) is 3.88. The van der Waals surface area contributed by atoms with Crippen LogP contribution >= 0.6 is 11.6 Å². The standard InChI is InChI=1S/C18H26ClNO4/c1-3-4-5-6-12-20(13-11-18(22)23-2)17(21)14-24-16-9-7-15(19)8-10-16/h7-10H,3-6,11-14H2,1-2H3. The molecule has 0 aliphatic heterocycles. The summed E-state index contributed by atoms with van der Waals surface area (Å²) in [5.41, 5.74) is 0. The Balaban J connectivity index is 2.50. The van der Waals surface area contributed by atoms with Crippen molar-refractivity contribution in [2.24, 2.45) is 0 Å². The maximum atomic E-state index is 12.4. The maximum Gasteiger partial charge on any atom is 0.307 e. The molecule has 1 aromatic rings. The fourth-order valence-electron chi connectivity index (χ4n) is 2.19. The molecule has 1 amide bonds. The molecule has 0 unspecified atom stereocenters. The van der Waals surface area contributed by atoms with Crippen LogP contribution in [0.15, 0.2) is 24.3 Å². The maximum absolute atomic E-state index is 12.4. The van der Waals surface area contributed by atoms with Crippen LogP contribution in [-0.2, 0) is 14.3 Å². The van der Waals surface area contributed by atoms with Gasteiger partial charge in [0, 0.05) is 18.1 Å². The van der Waals surface area contributed by atoms with E-state index in [0.29, 0.717) is 23.9 Å². The number of esters is 1. The van der Waals surface area contributed by atoms with E-state index in [1.54, 1.807) is 29.2 Å². The number of methoxy groups -OCH3 is 1. The Morgan fingerprint density at radius 3 is 2.42 bits per heavy atom. The molecule has 0 aromatic heterocycles. The van der Waals surface area contributed by atoms with E-state index < -0.39 is 0 Å². The van der Waals surface area contributed by atoms with Gasteiger partial charge in [-0.3, -0.25) is 9.59 Å². The van der Waals surface area contributed by atoms with E-state index in [-0.39, 0.29) is 24.9 Å². The molecule has 0 atom stereocenters. The van der Waals surface area contributed by atoms with Gasteiger partial charge in [0.1, 0.15) is 5.75 Å². The Labute approximate surface area is 148 Å². The van der Waals surface area contributed by atoms with Crippen LogP contribution in [0.2, 0.25) is 5.02 Å². The molecule has 0 aliphatic carbocycles. The SMILES string of the molecule is CCCCCCN(CCC(=O)OC)C(=O)COc1ccc(Cl)cc1. The highest BCUT2D eigenvalue weighted by Gasteiger charge is 2.15. The van der Waals surface area contributed by atoms with Crippen molar-refractivity contribution in [1.29, 1.82) is 0 Å². The molecule has 1 rings (SSSR count). The Morgan fingerprint density at radius 1 is 1.08 bits per heavy atom. The van der Waals surface area contributed by atoms with Gasteiger partial charge in [-0.15, -0.1) is 0 Å². The van der Waals surface area contributed by atoms with Crippen LogP contribution in [0.25, 0.3) is 0 Å². The monoisotopic (exact) mass is 355 g/mol. The fourth-order valence-corrected chi connectivity index (χ4v) is 2.31. The molecule has 0 N–H and O–H groups in total. The molecule has 0 bridgehead atoms. The molecule has 134 valence electrons. The first-order valence-corrected chi connectivity index (χ1v) is 8.67. The van der Waals surface area contributed by atoms with Gasteiger partial charge in [-0.1, -0.05) is 37.8 Å². The molecule has 0 fully saturated rings. The first-order chi connectivity index (χ1) is 11.6. The summed E-state index contributed by atoms with van der Waals surface area (Å²) in [5, 5.41) is 0.615. The predicted molar refractivity (Wildman–Crippen MR) is 94.3 cm³/mol. The minimum atomic E-state index is -0.319. The van der Waals surface area contributed by atoms with E-state index in [9.17, 15) is 9.59 Å². The molecule has 1 aromatic carbocycles. The number of carbonyl (C=O) groups is 2. The predicted octanol–water partition coefficient (Wildman–Crippen LogP) is 3.69. The average Bonchev–Trinajstić information content (AvgIpc) is 2.60. The van der Waals surface area contributed by atoms with Gasteiger partial charge in [-0.05, 0) is 30.7 Å². The summed E-state index contributed by atoms with van der Waals surface area (Å²) < 4.78 is 10.1. The summed E-state index contributed by atoms with van der Waals surface area (Å²) in [6, 6.07) is 6.85. The first kappa shape index (κ1) is 20.3. The summed E-state index contributed by atoms with van der Waals surface area (Å²) in [5.74, 6) is 0.136. The normalized spacial score (nSPS) is 10.3. The average molecular weight is 356 g/mol. The molecule has 0 saturated heterocycles. The van der Waals surface area contributed by atoms with Crippen LogP contribution in [-0.4, -0.2) is 43.6 Å². The molecular formula is C18H26ClNO4. The smallest absolute Gasteiger partial charge is 0.307 e. The lowest BCUT2D eigenvalue weighted by Crippen LogP contribution is -2.37. The minimum Gasteiger partial charge on any atom is -0.484 e. The summed E-state index contributed by atoms with van der Waals surface area (Å²) in [4.78, 5) is 25.4. The summed E-state index contributed by atoms with van der Waals surface area (Å²) in [6.07, 6.45) is 4.45. The highest BCUT2D eigenvalue weighted by Crippen LogP contribution is 2.15. The van der Waals surface area contributed by atoms with E-state index in [1.165, 1.54) is 7.11 Å². The van der Waals surface area contributed by atoms with Crippen molar-refractivity contribution in [3.63, 3.8) is 0 Å². The highest BCUT2D eigenvalue weighted by molar-refractivity contribution is 6.30. The third-order valence-electron chi connectivity index (χ3n) is 3.62. The van der Waals surface area contributed by atoms with Crippen LogP contribution in [0.3, 0.4) is 0 Å². The second-order valence-corrected chi connectivity index (χ2v) is 5.95. The molecule has 0 radical (unpaired) electrons. The van der Waals surface area contributed by atoms with Crippen LogP contribution < -0.4 is 4.74 Å². The van der Waals surface area contributed by atoms with Crippen LogP contribution in [0.5, 0.6) is 5.75 Å². The van der Waals surface area contributed by atoms with Gasteiger partial charge in [0.2, 0.25) is 0 Å². The molecule has 0 spiro atoms. The van der Waals surface area contributed by atoms with E-state index >= 15 is 0 Å². The van der Waals surface area contributed by atoms with E-state index in [1.807, 2.05) is 0 Å². The molecule has 6 heteroatoms. The van der Waals surface area contributed by atoms with Gasteiger partial charge < -0.3 is 14.4 Å². The number of amides is 1. The summed E-state index contributed by atoms with van der Waals surface area (Å²) >= 11 is 5.82. The number of carbonyl (C=O) groups excluding carboxylic acids is 2. The van der Waals surface area contributed by atoms with E-state index in [2.05, 4.69) is 11.7 Å². The Morgan fingerprint density at radius 2 is 1.79 bits per heavy atom. The zero-order valence-electron chi connectivity index (χ0n) is 14.4. The van der Waals surface area contributed by atoms with Crippen LogP contribution in [0.1, 0.15) is 39.0 Å². The number of unbranched alkanes of at least 4 members (excludes halogenated alkanes) is 3. The van der Waals surface area contributed by atoms with Crippen LogP contribution in [0.4, 0.5) is 0 Å². The topological polar surface area (TPSA) is 55.8 Å². The lowest BCUT2D eigenvalue weighted by atomic mass is 10.2. The Hall–Kier alpha value is -1.75. The largest absolute Gasteiger partial charge is 0.484 e. The number of hydrogen-bond donors (Lipinski definition) is 0. The molecule has 0 heterocycles. The van der Waals surface area contributed by atoms with Gasteiger partial charge in [0.25, 0.3) is 5.91 Å². The number of nitrogens with zero attached hydrogens (tertiary/aromatic N) is 1. The lowest BCUT2D eigenvalue weighted by Gasteiger charge is -2.22. The van der Waals surface area contributed by atoms with Crippen molar-refractivity contribution >= 4 is 23.5 Å². The van der Waals surface area contributed by atoms with Gasteiger partial charge in [-0.2, -0.15) is 0 Å². The number of benzene rings is 1. The zero-order chi connectivity index (χ0) is 17.8. The minimum absolute atomic E-state index is 0.0589. The van der Waals surface area contributed by atoms with Crippen molar-refractivity contribution in [3.8, 4) is 5.75 Å². The van der Waals surface area contributed by atoms with Gasteiger partial charge in [0.05, 0.1) is 13.5 Å². The van der Waals surface area contributed by atoms with Crippen molar-refractivity contribution < 1.29 is 19.1 Å². The Bertz CT molecular complexity index is 504. The van der Waals surface area contributed by atoms with Gasteiger partial charge >= 0.3 is 5.97 Å². The van der Waals surface area contributed by atoms with Crippen molar-refractivity contribution in [1.82, 2.24) is 4.90 Å². The Kier molecular flexibility index (Phi) is 9.92. The fraction of sp³-hybridized carbons (Fsp3) is 0.556. The number of ether oxygens (including phenoxy) is 2. The van der Waals surface area contributed by atoms with E-state index in [0.717, 1.165) is 25.7 Å². The van der Waals surface area contributed by atoms with Crippen molar-refractivity contribution in [2.45, 2.75) is 39.0 Å². The van der Waals surface area contributed by atoms with Crippen molar-refractivity contribution in [2.75, 3.05) is 26.8 Å². The molecular weight excluding hydrogens is 330 g/mol. The second-order valence-electron chi connectivity index (χ2n) is 5.51. The zero-order valence-corrected chi connectivity index (χ0v) is 15.2. The van der Waals surface area contributed by atoms with Gasteiger partial charge in [-0.25, -0.2) is 0 Å². The van der Waals surface area contributed by atoms with Gasteiger partial charge in [0.15, 0.2) is 6.61 Å². The molecule has 5 nitrogen and oxygen atoms in total. The summed E-state index contributed by atoms with van der Waals surface area (Å²) in [6.45, 7) is 3.05.